The molecule has 1 amide bonds. The number of carbonyl (C=O) groups excluding carboxylic acids is 1. The number of nitrogens with two attached hydrogens (primary N) is 1. The Morgan fingerprint density at radius 1 is 1.71 bits per heavy atom. The number of nitrogens with zero attached hydrogens (tertiary/aromatic N) is 1. The van der Waals surface area contributed by atoms with Crippen molar-refractivity contribution in [1.29, 1.82) is 0 Å². The van der Waals surface area contributed by atoms with Crippen LogP contribution >= 0.6 is 23.4 Å². The van der Waals surface area contributed by atoms with Crippen LogP contribution in [0.5, 0.6) is 0 Å². The molecule has 1 rings (SSSR count). The van der Waals surface area contributed by atoms with Crippen LogP contribution in [0.2, 0.25) is 5.15 Å². The maximum Gasteiger partial charge on any atom is 0.241 e. The van der Waals surface area contributed by atoms with Crippen LogP contribution in [-0.4, -0.2) is 28.9 Å². The van der Waals surface area contributed by atoms with E-state index in [1.165, 1.54) is 0 Å². The Morgan fingerprint density at radius 2 is 2.41 bits per heavy atom. The predicted octanol–water partition coefficient (Wildman–Crippen LogP) is 2.06. The third-order valence-corrected chi connectivity index (χ3v) is 3.15. The molecular formula is C11H16ClN3OS. The lowest BCUT2D eigenvalue weighted by Gasteiger charge is -2.12. The van der Waals surface area contributed by atoms with Gasteiger partial charge in [0.2, 0.25) is 5.91 Å². The number of halogens is 1. The molecule has 4 nitrogen and oxygen atoms in total. The highest BCUT2D eigenvalue weighted by Crippen LogP contribution is 2.19. The topological polar surface area (TPSA) is 68.0 Å². The minimum atomic E-state index is -0.515. The first-order chi connectivity index (χ1) is 8.04. The van der Waals surface area contributed by atoms with Crippen LogP contribution in [0.25, 0.3) is 0 Å². The molecule has 17 heavy (non-hydrogen) atoms. The molecule has 0 aliphatic carbocycles. The summed E-state index contributed by atoms with van der Waals surface area (Å²) < 4.78 is 0. The van der Waals surface area contributed by atoms with Gasteiger partial charge in [0.25, 0.3) is 0 Å². The maximum atomic E-state index is 11.8. The molecule has 1 atom stereocenters. The van der Waals surface area contributed by atoms with Gasteiger partial charge in [0.1, 0.15) is 0 Å². The van der Waals surface area contributed by atoms with E-state index < -0.39 is 6.04 Å². The molecule has 1 aromatic heterocycles. The summed E-state index contributed by atoms with van der Waals surface area (Å²) in [5, 5.41) is 2.97. The van der Waals surface area contributed by atoms with E-state index in [-0.39, 0.29) is 11.1 Å². The Labute approximate surface area is 110 Å². The lowest BCUT2D eigenvalue weighted by Crippen LogP contribution is -2.36. The van der Waals surface area contributed by atoms with Gasteiger partial charge in [-0.1, -0.05) is 11.6 Å². The second kappa shape index (κ2) is 6.83. The molecule has 0 unspecified atom stereocenters. The highest BCUT2D eigenvalue weighted by molar-refractivity contribution is 7.98. The Hall–Kier alpha value is -0.780. The molecule has 0 bridgehead atoms. The van der Waals surface area contributed by atoms with Gasteiger partial charge in [0, 0.05) is 6.20 Å². The average molecular weight is 274 g/mol. The SMILES string of the molecule is CSCC[C@H](N)C(=O)Nc1cc(C)cnc1Cl. The largest absolute Gasteiger partial charge is 0.322 e. The summed E-state index contributed by atoms with van der Waals surface area (Å²) in [6.07, 6.45) is 4.27. The number of hydrogen-bond donors (Lipinski definition) is 2. The van der Waals surface area contributed by atoms with Crippen LogP contribution in [0, 0.1) is 6.92 Å². The monoisotopic (exact) mass is 273 g/mol. The fraction of sp³-hybridized carbons (Fsp3) is 0.455. The van der Waals surface area contributed by atoms with Crippen molar-refractivity contribution in [1.82, 2.24) is 4.98 Å². The van der Waals surface area contributed by atoms with Crippen LogP contribution in [0.4, 0.5) is 5.69 Å². The molecule has 1 aromatic rings. The van der Waals surface area contributed by atoms with E-state index in [1.807, 2.05) is 13.2 Å². The first-order valence-corrected chi connectivity index (χ1v) is 6.99. The second-order valence-corrected chi connectivity index (χ2v) is 5.07. The van der Waals surface area contributed by atoms with E-state index in [2.05, 4.69) is 10.3 Å². The number of hydrogen-bond acceptors (Lipinski definition) is 4. The normalized spacial score (nSPS) is 12.2. The summed E-state index contributed by atoms with van der Waals surface area (Å²) in [6, 6.07) is 1.26. The van der Waals surface area contributed by atoms with Gasteiger partial charge >= 0.3 is 0 Å². The van der Waals surface area contributed by atoms with Gasteiger partial charge in [-0.05, 0) is 37.0 Å². The number of aryl methyl sites for hydroxylation is 1. The summed E-state index contributed by atoms with van der Waals surface area (Å²) in [5.41, 5.74) is 7.19. The van der Waals surface area contributed by atoms with Gasteiger partial charge in [0.05, 0.1) is 11.7 Å². The highest BCUT2D eigenvalue weighted by Gasteiger charge is 2.14. The summed E-state index contributed by atoms with van der Waals surface area (Å²) >= 11 is 7.54. The summed E-state index contributed by atoms with van der Waals surface area (Å²) in [5.74, 6) is 0.627. The average Bonchev–Trinajstić information content (AvgIpc) is 2.30. The van der Waals surface area contributed by atoms with Gasteiger partial charge in [-0.3, -0.25) is 4.79 Å². The number of amides is 1. The molecule has 0 aliphatic heterocycles. The van der Waals surface area contributed by atoms with Crippen molar-refractivity contribution < 1.29 is 4.79 Å². The van der Waals surface area contributed by atoms with Crippen molar-refractivity contribution in [3.8, 4) is 0 Å². The molecule has 0 saturated heterocycles. The van der Waals surface area contributed by atoms with Crippen LogP contribution < -0.4 is 11.1 Å². The number of pyridine rings is 1. The number of aromatic nitrogens is 1. The summed E-state index contributed by atoms with van der Waals surface area (Å²) in [4.78, 5) is 15.7. The molecule has 0 saturated carbocycles. The molecule has 0 aliphatic rings. The van der Waals surface area contributed by atoms with Gasteiger partial charge in [-0.2, -0.15) is 11.8 Å². The quantitative estimate of drug-likeness (QED) is 0.806. The van der Waals surface area contributed by atoms with Crippen molar-refractivity contribution in [3.63, 3.8) is 0 Å². The van der Waals surface area contributed by atoms with Crippen molar-refractivity contribution in [2.75, 3.05) is 17.3 Å². The lowest BCUT2D eigenvalue weighted by atomic mass is 10.2. The standard InChI is InChI=1S/C11H16ClN3OS/c1-7-5-9(10(12)14-6-7)15-11(16)8(13)3-4-17-2/h5-6,8H,3-4,13H2,1-2H3,(H,15,16)/t8-/m0/s1. The molecule has 0 radical (unpaired) electrons. The van der Waals surface area contributed by atoms with Crippen LogP contribution in [0.3, 0.4) is 0 Å². The predicted molar refractivity (Wildman–Crippen MR) is 73.6 cm³/mol. The molecule has 94 valence electrons. The Morgan fingerprint density at radius 3 is 3.06 bits per heavy atom. The van der Waals surface area contributed by atoms with Crippen LogP contribution in [0.15, 0.2) is 12.3 Å². The molecular weight excluding hydrogens is 258 g/mol. The van der Waals surface area contributed by atoms with Gasteiger partial charge in [-0.15, -0.1) is 0 Å². The second-order valence-electron chi connectivity index (χ2n) is 3.73. The molecule has 3 N–H and O–H groups in total. The zero-order chi connectivity index (χ0) is 12.8. The van der Waals surface area contributed by atoms with Crippen molar-refractivity contribution in [2.24, 2.45) is 5.73 Å². The summed E-state index contributed by atoms with van der Waals surface area (Å²) in [6.45, 7) is 1.88. The number of thioether (sulfide) groups is 1. The third-order valence-electron chi connectivity index (χ3n) is 2.20. The van der Waals surface area contributed by atoms with E-state index in [4.69, 9.17) is 17.3 Å². The molecule has 0 fully saturated rings. The smallest absolute Gasteiger partial charge is 0.241 e. The van der Waals surface area contributed by atoms with E-state index in [9.17, 15) is 4.79 Å². The number of anilines is 1. The van der Waals surface area contributed by atoms with E-state index in [1.54, 1.807) is 24.0 Å². The highest BCUT2D eigenvalue weighted by atomic mass is 35.5. The fourth-order valence-corrected chi connectivity index (χ4v) is 1.88. The first kappa shape index (κ1) is 14.3. The van der Waals surface area contributed by atoms with Crippen molar-refractivity contribution in [2.45, 2.75) is 19.4 Å². The van der Waals surface area contributed by atoms with Crippen LogP contribution in [-0.2, 0) is 4.79 Å². The Kier molecular flexibility index (Phi) is 5.74. The Bertz CT molecular complexity index is 400. The molecule has 0 spiro atoms. The van der Waals surface area contributed by atoms with Gasteiger partial charge < -0.3 is 11.1 Å². The van der Waals surface area contributed by atoms with Gasteiger partial charge in [-0.25, -0.2) is 4.98 Å². The minimum absolute atomic E-state index is 0.228. The number of nitrogens with one attached hydrogen (secondary N) is 1. The fourth-order valence-electron chi connectivity index (χ4n) is 1.24. The third kappa shape index (κ3) is 4.53. The zero-order valence-corrected chi connectivity index (χ0v) is 11.4. The van der Waals surface area contributed by atoms with Crippen molar-refractivity contribution in [3.05, 3.63) is 23.0 Å². The maximum absolute atomic E-state index is 11.8. The lowest BCUT2D eigenvalue weighted by molar-refractivity contribution is -0.117. The van der Waals surface area contributed by atoms with E-state index in [0.717, 1.165) is 11.3 Å². The minimum Gasteiger partial charge on any atom is -0.322 e. The Balaban J connectivity index is 2.64. The van der Waals surface area contributed by atoms with Crippen molar-refractivity contribution >= 4 is 35.0 Å². The van der Waals surface area contributed by atoms with Crippen LogP contribution in [0.1, 0.15) is 12.0 Å². The molecule has 6 heteroatoms. The van der Waals surface area contributed by atoms with E-state index >= 15 is 0 Å². The van der Waals surface area contributed by atoms with E-state index in [0.29, 0.717) is 12.1 Å². The molecule has 1 heterocycles. The zero-order valence-electron chi connectivity index (χ0n) is 9.87. The number of carbonyl (C=O) groups is 1. The number of rotatable bonds is 5. The van der Waals surface area contributed by atoms with Gasteiger partial charge in [0.15, 0.2) is 5.15 Å². The molecule has 0 aromatic carbocycles. The summed E-state index contributed by atoms with van der Waals surface area (Å²) in [7, 11) is 0. The first-order valence-electron chi connectivity index (χ1n) is 5.22.